The predicted octanol–water partition coefficient (Wildman–Crippen LogP) is 1.47. The molecule has 14 heteroatoms. The van der Waals surface area contributed by atoms with Gasteiger partial charge in [-0.05, 0) is 24.3 Å². The van der Waals surface area contributed by atoms with Crippen LogP contribution in [-0.4, -0.2) is 86.9 Å². The molecule has 9 nitrogen and oxygen atoms in total. The highest BCUT2D eigenvalue weighted by atomic mass is 32.2. The number of hydroxylamine groups is 1. The number of benzene rings is 1. The van der Waals surface area contributed by atoms with Crippen molar-refractivity contribution in [1.29, 1.82) is 0 Å². The third kappa shape index (κ3) is 5.18. The van der Waals surface area contributed by atoms with E-state index in [1.54, 1.807) is 12.1 Å². The lowest BCUT2D eigenvalue weighted by Gasteiger charge is -2.42. The average molecular weight is 499 g/mol. The molecule has 0 aromatic heterocycles. The highest BCUT2D eigenvalue weighted by molar-refractivity contribution is 7.91. The number of hydrogen-bond donors (Lipinski definition) is 2. The fourth-order valence-corrected chi connectivity index (χ4v) is 5.94. The number of hydrogen-bond acceptors (Lipinski definition) is 7. The summed E-state index contributed by atoms with van der Waals surface area (Å²) in [6.45, 7) is -0.555. The second-order valence-electron chi connectivity index (χ2n) is 7.78. The molecule has 0 saturated carbocycles. The van der Waals surface area contributed by atoms with Crippen molar-refractivity contribution < 1.29 is 45.5 Å². The van der Waals surface area contributed by atoms with Crippen LogP contribution in [-0.2, 0) is 19.6 Å². The second kappa shape index (κ2) is 9.99. The molecule has 2 heterocycles. The van der Waals surface area contributed by atoms with E-state index < -0.39 is 39.6 Å². The Balaban J connectivity index is 1.63. The monoisotopic (exact) mass is 499 g/mol. The number of carbonyl (C=O) groups is 1. The minimum atomic E-state index is -4.25. The van der Waals surface area contributed by atoms with Gasteiger partial charge >= 0.3 is 12.3 Å². The van der Waals surface area contributed by atoms with Crippen LogP contribution in [0, 0.1) is 0 Å². The predicted molar refractivity (Wildman–Crippen MR) is 108 cm³/mol. The van der Waals surface area contributed by atoms with Gasteiger partial charge in [-0.1, -0.05) is 0 Å². The van der Waals surface area contributed by atoms with Crippen LogP contribution in [0.4, 0.5) is 23.2 Å². The maximum atomic E-state index is 13.3. The Morgan fingerprint density at radius 2 is 1.73 bits per heavy atom. The maximum absolute atomic E-state index is 13.3. The first-order valence-corrected chi connectivity index (χ1v) is 11.6. The van der Waals surface area contributed by atoms with E-state index in [1.165, 1.54) is 21.9 Å². The molecule has 1 aromatic rings. The van der Waals surface area contributed by atoms with Gasteiger partial charge in [0.2, 0.25) is 10.0 Å². The van der Waals surface area contributed by atoms with Gasteiger partial charge in [0.15, 0.2) is 11.4 Å². The number of alkyl halides is 4. The van der Waals surface area contributed by atoms with E-state index in [-0.39, 0.29) is 58.0 Å². The van der Waals surface area contributed by atoms with Crippen LogP contribution < -0.4 is 15.1 Å². The minimum Gasteiger partial charge on any atom is -0.487 e. The van der Waals surface area contributed by atoms with E-state index in [0.717, 1.165) is 0 Å². The van der Waals surface area contributed by atoms with Crippen LogP contribution >= 0.6 is 0 Å². The number of ether oxygens (including phenoxy) is 2. The van der Waals surface area contributed by atoms with Crippen LogP contribution in [0.25, 0.3) is 0 Å². The zero-order valence-corrected chi connectivity index (χ0v) is 18.4. The normalized spacial score (nSPS) is 20.0. The lowest BCUT2D eigenvalue weighted by Crippen LogP contribution is -2.62. The van der Waals surface area contributed by atoms with Crippen molar-refractivity contribution in [2.75, 3.05) is 50.9 Å². The first-order valence-electron chi connectivity index (χ1n) is 10.2. The van der Waals surface area contributed by atoms with Crippen molar-refractivity contribution in [3.63, 3.8) is 0 Å². The van der Waals surface area contributed by atoms with E-state index in [1.807, 2.05) is 4.90 Å². The Morgan fingerprint density at radius 1 is 1.15 bits per heavy atom. The Bertz CT molecular complexity index is 918. The lowest BCUT2D eigenvalue weighted by molar-refractivity contribution is -0.148. The highest BCUT2D eigenvalue weighted by Crippen LogP contribution is 2.34. The fourth-order valence-electron chi connectivity index (χ4n) is 3.83. The van der Waals surface area contributed by atoms with E-state index in [4.69, 9.17) is 14.7 Å². The molecule has 2 aliphatic rings. The highest BCUT2D eigenvalue weighted by Gasteiger charge is 2.54. The number of sulfonamides is 1. The van der Waals surface area contributed by atoms with Crippen molar-refractivity contribution in [3.8, 4) is 5.75 Å². The second-order valence-corrected chi connectivity index (χ2v) is 10.0. The third-order valence-electron chi connectivity index (χ3n) is 5.84. The summed E-state index contributed by atoms with van der Waals surface area (Å²) in [7, 11) is -4.10. The molecule has 1 amide bonds. The Labute approximate surface area is 188 Å². The molecule has 0 spiro atoms. The zero-order chi connectivity index (χ0) is 24.3. The van der Waals surface area contributed by atoms with Crippen molar-refractivity contribution in [1.82, 2.24) is 9.79 Å². The molecule has 0 unspecified atom stereocenters. The van der Waals surface area contributed by atoms with Gasteiger partial charge in [0.05, 0.1) is 0 Å². The van der Waals surface area contributed by atoms with Gasteiger partial charge in [-0.3, -0.25) is 10.0 Å². The Kier molecular flexibility index (Phi) is 7.71. The summed E-state index contributed by atoms with van der Waals surface area (Å²) in [6, 6.07) is 5.84. The molecule has 2 fully saturated rings. The largest absolute Gasteiger partial charge is 0.487 e. The third-order valence-corrected chi connectivity index (χ3v) is 8.47. The fraction of sp³-hybridized carbons (Fsp3) is 0.632. The van der Waals surface area contributed by atoms with Crippen molar-refractivity contribution >= 4 is 21.6 Å². The number of carbonyl (C=O) groups excluding carboxylic acids is 1. The average Bonchev–Trinajstić information content (AvgIpc) is 2.83. The van der Waals surface area contributed by atoms with Crippen LogP contribution in [0.2, 0.25) is 0 Å². The van der Waals surface area contributed by atoms with Crippen LogP contribution in [0.5, 0.6) is 5.75 Å². The summed E-state index contributed by atoms with van der Waals surface area (Å²) in [4.78, 5) is 14.2. The van der Waals surface area contributed by atoms with Crippen LogP contribution in [0.15, 0.2) is 24.3 Å². The number of piperazine rings is 1. The summed E-state index contributed by atoms with van der Waals surface area (Å²) in [5.74, 6) is -5.24. The van der Waals surface area contributed by atoms with Crippen LogP contribution in [0.1, 0.15) is 12.8 Å². The van der Waals surface area contributed by atoms with Gasteiger partial charge in [0, 0.05) is 57.9 Å². The number of amides is 1. The van der Waals surface area contributed by atoms with Crippen LogP contribution in [0.3, 0.4) is 0 Å². The molecule has 0 aliphatic carbocycles. The Hall–Kier alpha value is -2.16. The number of rotatable bonds is 8. The molecular weight excluding hydrogens is 474 g/mol. The van der Waals surface area contributed by atoms with E-state index in [9.17, 15) is 30.8 Å². The van der Waals surface area contributed by atoms with E-state index >= 15 is 0 Å². The minimum absolute atomic E-state index is 0.00300. The molecule has 2 N–H and O–H groups in total. The molecule has 2 aliphatic heterocycles. The quantitative estimate of drug-likeness (QED) is 0.317. The van der Waals surface area contributed by atoms with Crippen molar-refractivity contribution in [2.45, 2.75) is 29.9 Å². The number of halogens is 4. The zero-order valence-electron chi connectivity index (χ0n) is 17.6. The molecule has 3 rings (SSSR count). The number of anilines is 1. The first-order chi connectivity index (χ1) is 15.5. The van der Waals surface area contributed by atoms with E-state index in [2.05, 4.69) is 0 Å². The van der Waals surface area contributed by atoms with Gasteiger partial charge in [0.1, 0.15) is 5.75 Å². The smallest absolute Gasteiger partial charge is 0.340 e. The number of nitrogens with one attached hydrogen (secondary N) is 1. The molecule has 0 bridgehead atoms. The molecule has 0 atom stereocenters. The summed E-state index contributed by atoms with van der Waals surface area (Å²) in [5, 5.41) is 9.12. The topological polar surface area (TPSA) is 108 Å². The molecule has 186 valence electrons. The number of nitrogens with zero attached hydrogens (tertiary/aromatic N) is 2. The Morgan fingerprint density at radius 3 is 2.24 bits per heavy atom. The molecule has 1 aromatic carbocycles. The first kappa shape index (κ1) is 25.5. The van der Waals surface area contributed by atoms with Gasteiger partial charge < -0.3 is 14.4 Å². The van der Waals surface area contributed by atoms with Gasteiger partial charge in [-0.15, -0.1) is 0 Å². The van der Waals surface area contributed by atoms with Gasteiger partial charge in [-0.25, -0.2) is 22.7 Å². The molecule has 2 saturated heterocycles. The lowest BCUT2D eigenvalue weighted by atomic mass is 9.98. The maximum Gasteiger partial charge on any atom is 0.340 e. The summed E-state index contributed by atoms with van der Waals surface area (Å²) in [6.07, 6.45) is -3.98. The van der Waals surface area contributed by atoms with Crippen molar-refractivity contribution in [2.24, 2.45) is 0 Å². The van der Waals surface area contributed by atoms with Gasteiger partial charge in [-0.2, -0.15) is 13.1 Å². The van der Waals surface area contributed by atoms with Crippen molar-refractivity contribution in [3.05, 3.63) is 24.3 Å². The van der Waals surface area contributed by atoms with E-state index in [0.29, 0.717) is 5.69 Å². The summed E-state index contributed by atoms with van der Waals surface area (Å²) >= 11 is 0. The summed E-state index contributed by atoms with van der Waals surface area (Å²) in [5.41, 5.74) is 2.14. The SMILES string of the molecule is O=C(NO)C1(S(=O)(=O)N2CCN(c3ccc(OCC(F)(F)C(F)F)cc3)CC2)CCOCC1. The standard InChI is InChI=1S/C19H25F4N3O6S/c20-16(21)19(22,23)13-32-15-3-1-14(2-4-15)25-7-9-26(10-8-25)33(29,30)18(17(27)24-28)5-11-31-12-6-18/h1-4,16,28H,5-13H2,(H,24,27). The summed E-state index contributed by atoms with van der Waals surface area (Å²) < 4.78 is 86.4. The molecular formula is C19H25F4N3O6S. The van der Waals surface area contributed by atoms with Gasteiger partial charge in [0.25, 0.3) is 5.91 Å². The molecule has 33 heavy (non-hydrogen) atoms. The molecule has 0 radical (unpaired) electrons.